The second-order valence-corrected chi connectivity index (χ2v) is 6.18. The third-order valence-corrected chi connectivity index (χ3v) is 5.02. The number of benzene rings is 1. The predicted molar refractivity (Wildman–Crippen MR) is 82.6 cm³/mol. The molecule has 4 nitrogen and oxygen atoms in total. The number of ether oxygens (including phenoxy) is 1. The summed E-state index contributed by atoms with van der Waals surface area (Å²) < 4.78 is 6.21. The molecule has 1 saturated carbocycles. The number of aromatic nitrogens is 1. The highest BCUT2D eigenvalue weighted by atomic mass is 16.5. The summed E-state index contributed by atoms with van der Waals surface area (Å²) in [5.41, 5.74) is 8.94. The fourth-order valence-electron chi connectivity index (χ4n) is 4.12. The molecule has 4 heteroatoms. The summed E-state index contributed by atoms with van der Waals surface area (Å²) in [5, 5.41) is 0. The maximum Gasteiger partial charge on any atom is 0.221 e. The van der Waals surface area contributed by atoms with Crippen LogP contribution in [0.25, 0.3) is 0 Å². The van der Waals surface area contributed by atoms with Crippen molar-refractivity contribution in [1.29, 1.82) is 0 Å². The Morgan fingerprint density at radius 3 is 2.77 bits per heavy atom. The molecule has 0 bridgehead atoms. The Morgan fingerprint density at radius 1 is 1.27 bits per heavy atom. The van der Waals surface area contributed by atoms with Crippen molar-refractivity contribution in [3.05, 3.63) is 59.4 Å². The lowest BCUT2D eigenvalue weighted by Gasteiger charge is -2.23. The van der Waals surface area contributed by atoms with Gasteiger partial charge in [0.15, 0.2) is 0 Å². The van der Waals surface area contributed by atoms with E-state index < -0.39 is 0 Å². The molecule has 2 N–H and O–H groups in total. The minimum Gasteiger partial charge on any atom is -0.489 e. The van der Waals surface area contributed by atoms with E-state index >= 15 is 0 Å². The molecule has 0 radical (unpaired) electrons. The number of nitrogens with two attached hydrogens (primary N) is 1. The molecular formula is C18H18N2O2. The standard InChI is InChI=1S/C18H18N2O2/c1-10-15-12-9-13(18(19)21)16(11-5-3-2-4-6-11)17(12)22-14(15)7-8-20-10/h2-8,12-13,16-17H,9H2,1H3,(H2,19,21). The van der Waals surface area contributed by atoms with Crippen molar-refractivity contribution < 1.29 is 9.53 Å². The fraction of sp³-hybridized carbons (Fsp3) is 0.333. The van der Waals surface area contributed by atoms with E-state index in [9.17, 15) is 4.79 Å². The number of nitrogens with zero attached hydrogens (tertiary/aromatic N) is 1. The third-order valence-electron chi connectivity index (χ3n) is 5.02. The number of primary amides is 1. The van der Waals surface area contributed by atoms with Crippen LogP contribution in [0.4, 0.5) is 0 Å². The highest BCUT2D eigenvalue weighted by molar-refractivity contribution is 5.79. The number of hydrogen-bond acceptors (Lipinski definition) is 3. The van der Waals surface area contributed by atoms with E-state index in [0.29, 0.717) is 0 Å². The van der Waals surface area contributed by atoms with E-state index in [2.05, 4.69) is 17.1 Å². The van der Waals surface area contributed by atoms with Crippen molar-refractivity contribution >= 4 is 5.91 Å². The number of carbonyl (C=O) groups excluding carboxylic acids is 1. The molecule has 4 rings (SSSR count). The monoisotopic (exact) mass is 294 g/mol. The van der Waals surface area contributed by atoms with Gasteiger partial charge in [0.25, 0.3) is 0 Å². The SMILES string of the molecule is Cc1nccc2c1C1CC(C(N)=O)C(c3ccccc3)C1O2. The van der Waals surface area contributed by atoms with Gasteiger partial charge in [0, 0.05) is 35.2 Å². The van der Waals surface area contributed by atoms with Crippen molar-refractivity contribution in [2.75, 3.05) is 0 Å². The van der Waals surface area contributed by atoms with Gasteiger partial charge in [0.05, 0.1) is 0 Å². The minimum atomic E-state index is -0.241. The number of amides is 1. The number of aryl methyl sites for hydroxylation is 1. The van der Waals surface area contributed by atoms with Gasteiger partial charge in [-0.15, -0.1) is 0 Å². The second kappa shape index (κ2) is 4.83. The first kappa shape index (κ1) is 13.3. The molecule has 1 fully saturated rings. The fourth-order valence-corrected chi connectivity index (χ4v) is 4.12. The normalized spacial score (nSPS) is 28.8. The van der Waals surface area contributed by atoms with Crippen molar-refractivity contribution in [2.45, 2.75) is 31.3 Å². The van der Waals surface area contributed by atoms with Crippen LogP contribution in [0.5, 0.6) is 5.75 Å². The first-order valence-electron chi connectivity index (χ1n) is 7.63. The number of pyridine rings is 1. The Kier molecular flexibility index (Phi) is 2.93. The van der Waals surface area contributed by atoms with E-state index in [4.69, 9.17) is 10.5 Å². The molecule has 4 atom stereocenters. The van der Waals surface area contributed by atoms with Gasteiger partial charge in [-0.05, 0) is 25.0 Å². The maximum atomic E-state index is 12.0. The zero-order chi connectivity index (χ0) is 15.3. The van der Waals surface area contributed by atoms with Crippen LogP contribution >= 0.6 is 0 Å². The number of hydrogen-bond donors (Lipinski definition) is 1. The van der Waals surface area contributed by atoms with Crippen LogP contribution in [0.3, 0.4) is 0 Å². The molecule has 22 heavy (non-hydrogen) atoms. The lowest BCUT2D eigenvalue weighted by atomic mass is 9.87. The average Bonchev–Trinajstić information content (AvgIpc) is 3.04. The topological polar surface area (TPSA) is 65.2 Å². The van der Waals surface area contributed by atoms with Gasteiger partial charge in [0.1, 0.15) is 11.9 Å². The summed E-state index contributed by atoms with van der Waals surface area (Å²) in [7, 11) is 0. The Balaban J connectivity index is 1.80. The van der Waals surface area contributed by atoms with Crippen LogP contribution in [-0.2, 0) is 4.79 Å². The summed E-state index contributed by atoms with van der Waals surface area (Å²) in [6.07, 6.45) is 2.48. The quantitative estimate of drug-likeness (QED) is 0.925. The molecule has 112 valence electrons. The van der Waals surface area contributed by atoms with Crippen molar-refractivity contribution in [3.63, 3.8) is 0 Å². The molecule has 1 aromatic carbocycles. The number of fused-ring (bicyclic) bond motifs is 3. The highest BCUT2D eigenvalue weighted by Gasteiger charge is 2.52. The van der Waals surface area contributed by atoms with E-state index in [1.807, 2.05) is 31.2 Å². The van der Waals surface area contributed by atoms with Crippen LogP contribution < -0.4 is 10.5 Å². The molecule has 2 aliphatic rings. The Bertz CT molecular complexity index is 729. The maximum absolute atomic E-state index is 12.0. The van der Waals surface area contributed by atoms with Crippen molar-refractivity contribution in [1.82, 2.24) is 4.98 Å². The van der Waals surface area contributed by atoms with Crippen LogP contribution in [0.1, 0.15) is 35.1 Å². The lowest BCUT2D eigenvalue weighted by molar-refractivity contribution is -0.122. The summed E-state index contributed by atoms with van der Waals surface area (Å²) in [6.45, 7) is 2.00. The molecular weight excluding hydrogens is 276 g/mol. The predicted octanol–water partition coefficient (Wildman–Crippen LogP) is 2.52. The molecule has 0 spiro atoms. The summed E-state index contributed by atoms with van der Waals surface area (Å²) in [4.78, 5) is 16.3. The van der Waals surface area contributed by atoms with Crippen molar-refractivity contribution in [3.8, 4) is 5.75 Å². The molecule has 1 amide bonds. The molecule has 1 aliphatic carbocycles. The summed E-state index contributed by atoms with van der Waals surface area (Å²) in [6, 6.07) is 12.0. The van der Waals surface area contributed by atoms with Crippen molar-refractivity contribution in [2.24, 2.45) is 11.7 Å². The average molecular weight is 294 g/mol. The van der Waals surface area contributed by atoms with Crippen LogP contribution in [-0.4, -0.2) is 17.0 Å². The van der Waals surface area contributed by atoms with Gasteiger partial charge in [-0.25, -0.2) is 0 Å². The van der Waals surface area contributed by atoms with Crippen LogP contribution in [0, 0.1) is 12.8 Å². The Morgan fingerprint density at radius 2 is 2.05 bits per heavy atom. The Labute approximate surface area is 129 Å². The first-order chi connectivity index (χ1) is 10.7. The second-order valence-electron chi connectivity index (χ2n) is 6.18. The number of rotatable bonds is 2. The van der Waals surface area contributed by atoms with E-state index in [-0.39, 0.29) is 29.8 Å². The van der Waals surface area contributed by atoms with E-state index in [1.165, 1.54) is 0 Å². The van der Waals surface area contributed by atoms with Gasteiger partial charge in [-0.3, -0.25) is 9.78 Å². The molecule has 0 saturated heterocycles. The molecule has 2 heterocycles. The van der Waals surface area contributed by atoms with E-state index in [1.54, 1.807) is 6.20 Å². The largest absolute Gasteiger partial charge is 0.489 e. The van der Waals surface area contributed by atoms with E-state index in [0.717, 1.165) is 29.0 Å². The molecule has 1 aliphatic heterocycles. The van der Waals surface area contributed by atoms with Gasteiger partial charge in [0.2, 0.25) is 5.91 Å². The van der Waals surface area contributed by atoms with Crippen LogP contribution in [0.15, 0.2) is 42.6 Å². The zero-order valence-electron chi connectivity index (χ0n) is 12.4. The van der Waals surface area contributed by atoms with Crippen LogP contribution in [0.2, 0.25) is 0 Å². The summed E-state index contributed by atoms with van der Waals surface area (Å²) in [5.74, 6) is 0.688. The zero-order valence-corrected chi connectivity index (χ0v) is 12.4. The smallest absolute Gasteiger partial charge is 0.221 e. The van der Waals surface area contributed by atoms with Gasteiger partial charge in [-0.2, -0.15) is 0 Å². The van der Waals surface area contributed by atoms with Gasteiger partial charge >= 0.3 is 0 Å². The van der Waals surface area contributed by atoms with Gasteiger partial charge in [-0.1, -0.05) is 30.3 Å². The minimum absolute atomic E-state index is 0.00972. The molecule has 4 unspecified atom stereocenters. The Hall–Kier alpha value is -2.36. The lowest BCUT2D eigenvalue weighted by Crippen LogP contribution is -2.30. The molecule has 1 aromatic heterocycles. The summed E-state index contributed by atoms with van der Waals surface area (Å²) >= 11 is 0. The van der Waals surface area contributed by atoms with Gasteiger partial charge < -0.3 is 10.5 Å². The number of carbonyl (C=O) groups is 1. The first-order valence-corrected chi connectivity index (χ1v) is 7.63. The highest BCUT2D eigenvalue weighted by Crippen LogP contribution is 2.55. The molecule has 2 aromatic rings. The third kappa shape index (κ3) is 1.83.